The van der Waals surface area contributed by atoms with Gasteiger partial charge in [-0.3, -0.25) is 10.2 Å². The van der Waals surface area contributed by atoms with Crippen molar-refractivity contribution in [1.29, 1.82) is 0 Å². The van der Waals surface area contributed by atoms with Crippen LogP contribution in [-0.4, -0.2) is 11.6 Å². The van der Waals surface area contributed by atoms with Gasteiger partial charge in [0.25, 0.3) is 0 Å². The summed E-state index contributed by atoms with van der Waals surface area (Å²) in [5.41, 5.74) is 8.90. The molecule has 86 valence electrons. The lowest BCUT2D eigenvalue weighted by atomic mass is 10.3. The summed E-state index contributed by atoms with van der Waals surface area (Å²) in [6.45, 7) is 1.69. The van der Waals surface area contributed by atoms with Crippen molar-refractivity contribution in [3.8, 4) is 0 Å². The maximum atomic E-state index is 10.6. The Kier molecular flexibility index (Phi) is 4.58. The molecule has 0 aromatic heterocycles. The van der Waals surface area contributed by atoms with Crippen LogP contribution in [0.15, 0.2) is 23.3 Å². The van der Waals surface area contributed by atoms with E-state index in [1.54, 1.807) is 25.1 Å². The van der Waals surface area contributed by atoms with Crippen molar-refractivity contribution in [1.82, 2.24) is 0 Å². The van der Waals surface area contributed by atoms with Crippen LogP contribution in [0.4, 0.5) is 5.69 Å². The number of carbonyl (C=O) groups excluding carboxylic acids is 1. The van der Waals surface area contributed by atoms with Gasteiger partial charge in [-0.1, -0.05) is 23.2 Å². The molecule has 0 saturated carbocycles. The van der Waals surface area contributed by atoms with Gasteiger partial charge in [0.2, 0.25) is 5.91 Å². The summed E-state index contributed by atoms with van der Waals surface area (Å²) < 4.78 is 0. The van der Waals surface area contributed by atoms with E-state index in [-0.39, 0.29) is 6.42 Å². The van der Waals surface area contributed by atoms with Gasteiger partial charge in [0.05, 0.1) is 17.1 Å². The van der Waals surface area contributed by atoms with E-state index >= 15 is 0 Å². The molecule has 1 aromatic carbocycles. The third-order valence-corrected chi connectivity index (χ3v) is 2.29. The highest BCUT2D eigenvalue weighted by Gasteiger charge is 2.01. The Morgan fingerprint density at radius 3 is 2.81 bits per heavy atom. The minimum atomic E-state index is -0.430. The van der Waals surface area contributed by atoms with Crippen LogP contribution in [0.1, 0.15) is 13.3 Å². The van der Waals surface area contributed by atoms with Gasteiger partial charge < -0.3 is 5.73 Å². The summed E-state index contributed by atoms with van der Waals surface area (Å²) in [5, 5.41) is 5.01. The van der Waals surface area contributed by atoms with Crippen LogP contribution in [0.25, 0.3) is 0 Å². The summed E-state index contributed by atoms with van der Waals surface area (Å²) in [6, 6.07) is 4.98. The molecule has 1 aromatic rings. The van der Waals surface area contributed by atoms with Crippen molar-refractivity contribution in [3.63, 3.8) is 0 Å². The number of benzene rings is 1. The molecular weight excluding hydrogens is 249 g/mol. The Morgan fingerprint density at radius 1 is 1.50 bits per heavy atom. The summed E-state index contributed by atoms with van der Waals surface area (Å²) in [6.07, 6.45) is 0.102. The molecule has 0 aliphatic rings. The zero-order valence-electron chi connectivity index (χ0n) is 8.63. The molecule has 16 heavy (non-hydrogen) atoms. The van der Waals surface area contributed by atoms with Crippen molar-refractivity contribution in [3.05, 3.63) is 28.2 Å². The van der Waals surface area contributed by atoms with Crippen LogP contribution in [0.5, 0.6) is 0 Å². The maximum Gasteiger partial charge on any atom is 0.223 e. The highest BCUT2D eigenvalue weighted by molar-refractivity contribution is 6.35. The molecule has 3 N–H and O–H groups in total. The second kappa shape index (κ2) is 5.72. The van der Waals surface area contributed by atoms with Crippen LogP contribution < -0.4 is 11.2 Å². The smallest absolute Gasteiger partial charge is 0.223 e. The van der Waals surface area contributed by atoms with Gasteiger partial charge in [-0.2, -0.15) is 5.10 Å². The number of primary amides is 1. The SMILES string of the molecule is C/C(CC(N)=O)=N\Nc1cc(Cl)ccc1Cl. The average molecular weight is 260 g/mol. The minimum absolute atomic E-state index is 0.102. The first-order valence-electron chi connectivity index (χ1n) is 4.51. The standard InChI is InChI=1S/C10H11Cl2N3O/c1-6(4-10(13)16)14-15-9-5-7(11)2-3-8(9)12/h2-3,5,15H,4H2,1H3,(H2,13,16)/b14-6+. The highest BCUT2D eigenvalue weighted by Crippen LogP contribution is 2.25. The molecule has 4 nitrogen and oxygen atoms in total. The molecule has 1 amide bonds. The quantitative estimate of drug-likeness (QED) is 0.645. The molecule has 0 atom stereocenters. The molecule has 0 aliphatic heterocycles. The number of halogens is 2. The number of nitrogens with two attached hydrogens (primary N) is 1. The number of rotatable bonds is 4. The maximum absolute atomic E-state index is 10.6. The Morgan fingerprint density at radius 2 is 2.19 bits per heavy atom. The number of carbonyl (C=O) groups is 1. The summed E-state index contributed by atoms with van der Waals surface area (Å²) in [7, 11) is 0. The molecular formula is C10H11Cl2N3O. The second-order valence-electron chi connectivity index (χ2n) is 3.23. The summed E-state index contributed by atoms with van der Waals surface area (Å²) >= 11 is 11.7. The van der Waals surface area contributed by atoms with Crippen LogP contribution >= 0.6 is 23.2 Å². The lowest BCUT2D eigenvalue weighted by molar-refractivity contribution is -0.116. The predicted molar refractivity (Wildman–Crippen MR) is 67.0 cm³/mol. The van der Waals surface area contributed by atoms with Gasteiger partial charge >= 0.3 is 0 Å². The van der Waals surface area contributed by atoms with E-state index in [1.807, 2.05) is 0 Å². The molecule has 0 bridgehead atoms. The zero-order valence-corrected chi connectivity index (χ0v) is 10.1. The first-order valence-corrected chi connectivity index (χ1v) is 5.27. The minimum Gasteiger partial charge on any atom is -0.369 e. The third kappa shape index (κ3) is 4.08. The van der Waals surface area contributed by atoms with Crippen molar-refractivity contribution >= 4 is 40.5 Å². The number of nitrogens with zero attached hydrogens (tertiary/aromatic N) is 1. The second-order valence-corrected chi connectivity index (χ2v) is 4.07. The van der Waals surface area contributed by atoms with Crippen molar-refractivity contribution in [2.24, 2.45) is 10.8 Å². The van der Waals surface area contributed by atoms with Gasteiger partial charge in [0.15, 0.2) is 0 Å². The molecule has 0 fully saturated rings. The monoisotopic (exact) mass is 259 g/mol. The third-order valence-electron chi connectivity index (χ3n) is 1.73. The zero-order chi connectivity index (χ0) is 12.1. The lowest BCUT2D eigenvalue weighted by Gasteiger charge is -2.04. The number of hydrogen-bond acceptors (Lipinski definition) is 3. The van der Waals surface area contributed by atoms with Gasteiger partial charge in [-0.15, -0.1) is 0 Å². The lowest BCUT2D eigenvalue weighted by Crippen LogP contribution is -2.15. The first kappa shape index (κ1) is 12.8. The molecule has 6 heteroatoms. The Balaban J connectivity index is 2.73. The number of nitrogens with one attached hydrogen (secondary N) is 1. The number of amides is 1. The van der Waals surface area contributed by atoms with E-state index in [1.165, 1.54) is 0 Å². The molecule has 0 radical (unpaired) electrons. The van der Waals surface area contributed by atoms with Crippen LogP contribution in [0.2, 0.25) is 10.0 Å². The molecule has 1 rings (SSSR count). The number of anilines is 1. The normalized spacial score (nSPS) is 11.3. The highest BCUT2D eigenvalue weighted by atomic mass is 35.5. The van der Waals surface area contributed by atoms with Crippen LogP contribution in [-0.2, 0) is 4.79 Å². The predicted octanol–water partition coefficient (Wildman–Crippen LogP) is 2.66. The number of hydrogen-bond donors (Lipinski definition) is 2. The van der Waals surface area contributed by atoms with Crippen molar-refractivity contribution in [2.45, 2.75) is 13.3 Å². The molecule has 0 heterocycles. The topological polar surface area (TPSA) is 67.5 Å². The van der Waals surface area contributed by atoms with E-state index in [0.29, 0.717) is 21.4 Å². The van der Waals surface area contributed by atoms with Gasteiger partial charge in [0.1, 0.15) is 0 Å². The fourth-order valence-corrected chi connectivity index (χ4v) is 1.36. The van der Waals surface area contributed by atoms with Crippen molar-refractivity contribution < 1.29 is 4.79 Å². The Hall–Kier alpha value is -1.26. The fraction of sp³-hybridized carbons (Fsp3) is 0.200. The van der Waals surface area contributed by atoms with Gasteiger partial charge in [0, 0.05) is 10.7 Å². The fourth-order valence-electron chi connectivity index (χ4n) is 1.03. The van der Waals surface area contributed by atoms with E-state index in [0.717, 1.165) is 0 Å². The molecule has 0 saturated heterocycles. The summed E-state index contributed by atoms with van der Waals surface area (Å²) in [4.78, 5) is 10.6. The van der Waals surface area contributed by atoms with E-state index < -0.39 is 5.91 Å². The Bertz CT molecular complexity index is 432. The first-order chi connectivity index (χ1) is 7.49. The molecule has 0 unspecified atom stereocenters. The average Bonchev–Trinajstić information content (AvgIpc) is 2.18. The van der Waals surface area contributed by atoms with Gasteiger partial charge in [-0.05, 0) is 25.1 Å². The molecule has 0 aliphatic carbocycles. The van der Waals surface area contributed by atoms with Crippen LogP contribution in [0.3, 0.4) is 0 Å². The van der Waals surface area contributed by atoms with Crippen molar-refractivity contribution in [2.75, 3.05) is 5.43 Å². The molecule has 0 spiro atoms. The van der Waals surface area contributed by atoms with E-state index in [2.05, 4.69) is 10.5 Å². The largest absolute Gasteiger partial charge is 0.369 e. The van der Waals surface area contributed by atoms with E-state index in [9.17, 15) is 4.79 Å². The van der Waals surface area contributed by atoms with Crippen LogP contribution in [0, 0.1) is 0 Å². The Labute approximate surface area is 103 Å². The number of hydrazone groups is 1. The summed E-state index contributed by atoms with van der Waals surface area (Å²) in [5.74, 6) is -0.430. The van der Waals surface area contributed by atoms with E-state index in [4.69, 9.17) is 28.9 Å². The van der Waals surface area contributed by atoms with Gasteiger partial charge in [-0.25, -0.2) is 0 Å².